The second kappa shape index (κ2) is 15.2. The molecular weight excluding hydrogens is 751 g/mol. The van der Waals surface area contributed by atoms with Crippen LogP contribution in [0.15, 0.2) is 211 Å². The lowest BCUT2D eigenvalue weighted by Gasteiger charge is -2.31. The van der Waals surface area contributed by atoms with Crippen LogP contribution in [0, 0.1) is 0 Å². The summed E-state index contributed by atoms with van der Waals surface area (Å²) in [5, 5.41) is 9.97. The highest BCUT2D eigenvalue weighted by Gasteiger charge is 2.25. The molecule has 1 fully saturated rings. The molecule has 1 aliphatic carbocycles. The Morgan fingerprint density at radius 1 is 0.387 bits per heavy atom. The van der Waals surface area contributed by atoms with Crippen LogP contribution in [0.1, 0.15) is 43.6 Å². The average molecular weight is 796 g/mol. The molecule has 0 unspecified atom stereocenters. The van der Waals surface area contributed by atoms with Gasteiger partial charge in [0.25, 0.3) is 0 Å². The molecule has 2 nitrogen and oxygen atoms in total. The van der Waals surface area contributed by atoms with Crippen molar-refractivity contribution in [1.82, 2.24) is 0 Å². The van der Waals surface area contributed by atoms with Crippen LogP contribution in [0.2, 0.25) is 0 Å². The Kier molecular flexibility index (Phi) is 8.96. The van der Waals surface area contributed by atoms with Crippen LogP contribution >= 0.6 is 0 Å². The van der Waals surface area contributed by atoms with Crippen molar-refractivity contribution < 1.29 is 4.42 Å². The maximum absolute atomic E-state index is 6.73. The minimum atomic E-state index is 0.566. The highest BCUT2D eigenvalue weighted by atomic mass is 16.3. The number of anilines is 3. The second-order valence-electron chi connectivity index (χ2n) is 17.0. The van der Waals surface area contributed by atoms with Gasteiger partial charge in [-0.3, -0.25) is 0 Å². The van der Waals surface area contributed by atoms with Crippen molar-refractivity contribution in [1.29, 1.82) is 0 Å². The minimum Gasteiger partial charge on any atom is -0.455 e. The van der Waals surface area contributed by atoms with Crippen molar-refractivity contribution in [2.45, 2.75) is 38.0 Å². The summed E-state index contributed by atoms with van der Waals surface area (Å²) in [6, 6.07) is 75.8. The Balaban J connectivity index is 1.11. The molecule has 0 aliphatic heterocycles. The van der Waals surface area contributed by atoms with Gasteiger partial charge in [0, 0.05) is 33.2 Å². The fourth-order valence-electron chi connectivity index (χ4n) is 10.6. The number of para-hydroxylation sites is 4. The molecule has 12 rings (SSSR count). The van der Waals surface area contributed by atoms with E-state index >= 15 is 0 Å². The summed E-state index contributed by atoms with van der Waals surface area (Å²) in [5.41, 5.74) is 13.6. The molecule has 0 atom stereocenters. The summed E-state index contributed by atoms with van der Waals surface area (Å²) in [5.74, 6) is 0.566. The molecule has 1 aliphatic rings. The van der Waals surface area contributed by atoms with Crippen molar-refractivity contribution in [2.24, 2.45) is 0 Å². The van der Waals surface area contributed by atoms with Crippen molar-refractivity contribution in [3.63, 3.8) is 0 Å². The van der Waals surface area contributed by atoms with Crippen molar-refractivity contribution in [3.05, 3.63) is 212 Å². The van der Waals surface area contributed by atoms with Crippen LogP contribution in [0.3, 0.4) is 0 Å². The lowest BCUT2D eigenvalue weighted by molar-refractivity contribution is 0.445. The normalized spacial score (nSPS) is 13.4. The molecule has 0 spiro atoms. The lowest BCUT2D eigenvalue weighted by atomic mass is 9.80. The average Bonchev–Trinajstić information content (AvgIpc) is 3.73. The summed E-state index contributed by atoms with van der Waals surface area (Å²) in [6.45, 7) is 0. The van der Waals surface area contributed by atoms with Crippen LogP contribution < -0.4 is 4.90 Å². The topological polar surface area (TPSA) is 16.4 Å². The maximum Gasteiger partial charge on any atom is 0.143 e. The highest BCUT2D eigenvalue weighted by Crippen LogP contribution is 2.49. The first-order chi connectivity index (χ1) is 30.8. The Labute approximate surface area is 362 Å². The van der Waals surface area contributed by atoms with E-state index in [9.17, 15) is 0 Å². The number of rotatable bonds is 7. The number of nitrogens with zero attached hydrogens (tertiary/aromatic N) is 1. The summed E-state index contributed by atoms with van der Waals surface area (Å²) >= 11 is 0. The first-order valence-corrected chi connectivity index (χ1v) is 22.2. The van der Waals surface area contributed by atoms with E-state index in [4.69, 9.17) is 4.42 Å². The predicted octanol–water partition coefficient (Wildman–Crippen LogP) is 17.6. The van der Waals surface area contributed by atoms with E-state index in [0.29, 0.717) is 5.92 Å². The molecule has 11 aromatic rings. The first-order valence-electron chi connectivity index (χ1n) is 22.2. The third-order valence-corrected chi connectivity index (χ3v) is 13.5. The van der Waals surface area contributed by atoms with E-state index in [1.165, 1.54) is 92.2 Å². The first kappa shape index (κ1) is 36.4. The zero-order chi connectivity index (χ0) is 41.0. The van der Waals surface area contributed by atoms with Crippen LogP contribution in [0.25, 0.3) is 87.6 Å². The summed E-state index contributed by atoms with van der Waals surface area (Å²) in [4.78, 5) is 2.50. The van der Waals surface area contributed by atoms with Crippen molar-refractivity contribution in [3.8, 4) is 33.4 Å². The third kappa shape index (κ3) is 6.09. The van der Waals surface area contributed by atoms with Gasteiger partial charge in [0.15, 0.2) is 0 Å². The Morgan fingerprint density at radius 3 is 1.82 bits per heavy atom. The molecule has 1 heterocycles. The fraction of sp³-hybridized carbons (Fsp3) is 0.100. The van der Waals surface area contributed by atoms with E-state index in [2.05, 4.69) is 211 Å². The molecule has 2 heteroatoms. The van der Waals surface area contributed by atoms with E-state index in [-0.39, 0.29) is 0 Å². The second-order valence-corrected chi connectivity index (χ2v) is 17.0. The molecule has 0 amide bonds. The largest absolute Gasteiger partial charge is 0.455 e. The Bertz CT molecular complexity index is 3470. The number of fused-ring (bicyclic) bond motifs is 7. The van der Waals surface area contributed by atoms with Crippen LogP contribution in [0.4, 0.5) is 17.1 Å². The molecule has 0 bridgehead atoms. The van der Waals surface area contributed by atoms with Gasteiger partial charge in [-0.1, -0.05) is 195 Å². The van der Waals surface area contributed by atoms with Crippen LogP contribution in [0.5, 0.6) is 0 Å². The SMILES string of the molecule is c1cc(-c2cccc3c2ccc2ccccc23)cc(N(c2ccccc2-c2cccc3c2oc2ccccc23)c2ccccc2-c2cccc3cccc(C4CCCCC4)c23)c1. The van der Waals surface area contributed by atoms with Crippen LogP contribution in [-0.4, -0.2) is 0 Å². The van der Waals surface area contributed by atoms with Gasteiger partial charge in [0.1, 0.15) is 11.2 Å². The van der Waals surface area contributed by atoms with Crippen LogP contribution in [-0.2, 0) is 0 Å². The maximum atomic E-state index is 6.73. The summed E-state index contributed by atoms with van der Waals surface area (Å²) in [6.07, 6.45) is 6.43. The van der Waals surface area contributed by atoms with Gasteiger partial charge in [0.2, 0.25) is 0 Å². The van der Waals surface area contributed by atoms with Crippen molar-refractivity contribution >= 4 is 71.3 Å². The lowest BCUT2D eigenvalue weighted by Crippen LogP contribution is -2.13. The smallest absolute Gasteiger partial charge is 0.143 e. The van der Waals surface area contributed by atoms with Gasteiger partial charge in [-0.25, -0.2) is 0 Å². The van der Waals surface area contributed by atoms with Gasteiger partial charge in [-0.05, 0) is 104 Å². The summed E-state index contributed by atoms with van der Waals surface area (Å²) < 4.78 is 6.73. The van der Waals surface area contributed by atoms with Gasteiger partial charge in [0.05, 0.1) is 11.4 Å². The Hall–Kier alpha value is -7.42. The molecule has 0 radical (unpaired) electrons. The predicted molar refractivity (Wildman–Crippen MR) is 263 cm³/mol. The van der Waals surface area contributed by atoms with E-state index in [0.717, 1.165) is 50.1 Å². The molecule has 62 heavy (non-hydrogen) atoms. The molecule has 0 N–H and O–H groups in total. The molecule has 10 aromatic carbocycles. The Morgan fingerprint density at radius 2 is 0.984 bits per heavy atom. The molecule has 1 aromatic heterocycles. The zero-order valence-corrected chi connectivity index (χ0v) is 34.6. The molecular formula is C60H45NO. The number of hydrogen-bond acceptors (Lipinski definition) is 2. The van der Waals surface area contributed by atoms with Gasteiger partial charge < -0.3 is 9.32 Å². The fourth-order valence-corrected chi connectivity index (χ4v) is 10.6. The quantitative estimate of drug-likeness (QED) is 0.149. The zero-order valence-electron chi connectivity index (χ0n) is 34.6. The highest BCUT2D eigenvalue weighted by molar-refractivity contribution is 6.13. The monoisotopic (exact) mass is 795 g/mol. The standard InChI is InChI=1S/C60H45NO/c1-2-17-40(18-3-1)47-29-13-20-42-21-14-31-53(59(42)47)50-25-6-9-34-56(50)61(57-35-10-7-26-51(57)54-32-16-33-55-52-27-8-11-36-58(52)62-60(54)55)44-23-12-22-43(39-44)46-28-15-30-48-45-24-5-4-19-41(45)37-38-49(46)48/h4-16,19-40H,1-3,17-18H2. The van der Waals surface area contributed by atoms with E-state index in [1.54, 1.807) is 0 Å². The third-order valence-electron chi connectivity index (χ3n) is 13.5. The minimum absolute atomic E-state index is 0.566. The number of furan rings is 1. The van der Waals surface area contributed by atoms with E-state index < -0.39 is 0 Å². The van der Waals surface area contributed by atoms with Gasteiger partial charge >= 0.3 is 0 Å². The number of benzene rings is 10. The molecule has 0 saturated heterocycles. The van der Waals surface area contributed by atoms with E-state index in [1.807, 2.05) is 0 Å². The van der Waals surface area contributed by atoms with Gasteiger partial charge in [-0.2, -0.15) is 0 Å². The molecule has 1 saturated carbocycles. The summed E-state index contributed by atoms with van der Waals surface area (Å²) in [7, 11) is 0. The molecule has 296 valence electrons. The number of hydrogen-bond donors (Lipinski definition) is 0. The van der Waals surface area contributed by atoms with Crippen molar-refractivity contribution in [2.75, 3.05) is 4.90 Å². The van der Waals surface area contributed by atoms with Gasteiger partial charge in [-0.15, -0.1) is 0 Å².